The van der Waals surface area contributed by atoms with Crippen molar-refractivity contribution in [1.29, 1.82) is 0 Å². The second-order valence-electron chi connectivity index (χ2n) is 3.66. The lowest BCUT2D eigenvalue weighted by Gasteiger charge is -1.97. The average molecular weight is 428 g/mol. The van der Waals surface area contributed by atoms with Crippen LogP contribution in [0.4, 0.5) is 12.9 Å². The number of benzene rings is 2. The van der Waals surface area contributed by atoms with Crippen LogP contribution in [0.2, 0.25) is 0 Å². The molecule has 2 rings (SSSR count). The standard InChI is InChI=1S/C14H14IO2.BF3.FH/c1-16-13-7-3-11(4-8-13)15-12-5-9-14(17-2)10-6-12;2-1(3)4;/h3-10H,1-2H3;;1H/q+1;;/p-1. The topological polar surface area (TPSA) is 18.5 Å². The van der Waals surface area contributed by atoms with E-state index in [2.05, 4.69) is 24.3 Å². The van der Waals surface area contributed by atoms with Crippen LogP contribution in [0.1, 0.15) is 0 Å². The molecule has 0 heterocycles. The van der Waals surface area contributed by atoms with Gasteiger partial charge in [0.25, 0.3) is 0 Å². The number of rotatable bonds is 4. The maximum Gasteiger partial charge on any atom is 0.762 e. The Morgan fingerprint density at radius 1 is 0.727 bits per heavy atom. The van der Waals surface area contributed by atoms with Crippen LogP contribution < -0.4 is 35.4 Å². The summed E-state index contributed by atoms with van der Waals surface area (Å²) in [4.78, 5) is 0. The van der Waals surface area contributed by atoms with Crippen molar-refractivity contribution in [2.24, 2.45) is 0 Å². The number of halogens is 5. The number of ether oxygens (including phenoxy) is 2. The molecule has 0 saturated heterocycles. The molecule has 0 N–H and O–H groups in total. The van der Waals surface area contributed by atoms with Crippen LogP contribution in [0.5, 0.6) is 11.5 Å². The van der Waals surface area contributed by atoms with Gasteiger partial charge < -0.3 is 14.2 Å². The lowest BCUT2D eigenvalue weighted by molar-refractivity contribution is -0.597. The highest BCUT2D eigenvalue weighted by Crippen LogP contribution is 2.07. The van der Waals surface area contributed by atoms with Crippen molar-refractivity contribution < 1.29 is 48.3 Å². The van der Waals surface area contributed by atoms with Crippen molar-refractivity contribution in [2.45, 2.75) is 0 Å². The van der Waals surface area contributed by atoms with E-state index in [9.17, 15) is 12.9 Å². The Hall–Kier alpha value is -1.45. The molecular formula is C14H14BF4IO2. The minimum atomic E-state index is -3.67. The van der Waals surface area contributed by atoms with Crippen molar-refractivity contribution in [2.75, 3.05) is 14.2 Å². The van der Waals surface area contributed by atoms with E-state index in [1.54, 1.807) is 14.2 Å². The van der Waals surface area contributed by atoms with E-state index in [-0.39, 0.29) is 25.9 Å². The Morgan fingerprint density at radius 2 is 1.00 bits per heavy atom. The summed E-state index contributed by atoms with van der Waals surface area (Å²) in [6.07, 6.45) is 0. The minimum absolute atomic E-state index is 0. The third-order valence-corrected chi connectivity index (χ3v) is 5.00. The van der Waals surface area contributed by atoms with Gasteiger partial charge in [0.15, 0.2) is 7.14 Å². The largest absolute Gasteiger partial charge is 1.00 e. The van der Waals surface area contributed by atoms with Gasteiger partial charge in [0.1, 0.15) is 11.5 Å². The quantitative estimate of drug-likeness (QED) is 0.311. The number of hydrogen-bond acceptors (Lipinski definition) is 2. The van der Waals surface area contributed by atoms with Crippen LogP contribution >= 0.6 is 0 Å². The maximum absolute atomic E-state index is 9.67. The summed E-state index contributed by atoms with van der Waals surface area (Å²) < 4.78 is 42.1. The Balaban J connectivity index is 0.000000791. The van der Waals surface area contributed by atoms with Gasteiger partial charge in [0, 0.05) is 0 Å². The SMILES string of the molecule is COc1ccc([I+]c2ccc(OC)cc2)cc1.FB(F)F.[F-]. The van der Waals surface area contributed by atoms with Crippen molar-refractivity contribution >= 4 is 7.54 Å². The molecule has 2 aromatic carbocycles. The van der Waals surface area contributed by atoms with E-state index in [0.29, 0.717) is 0 Å². The van der Waals surface area contributed by atoms with E-state index in [1.807, 2.05) is 24.3 Å². The fourth-order valence-electron chi connectivity index (χ4n) is 1.39. The molecule has 0 radical (unpaired) electrons. The third kappa shape index (κ3) is 8.11. The van der Waals surface area contributed by atoms with Crippen LogP contribution in [0.15, 0.2) is 48.5 Å². The molecule has 0 aromatic heterocycles. The number of hydrogen-bond donors (Lipinski definition) is 0. The van der Waals surface area contributed by atoms with Gasteiger partial charge in [-0.05, 0) is 48.5 Å². The van der Waals surface area contributed by atoms with E-state index in [1.165, 1.54) is 7.14 Å². The zero-order valence-corrected chi connectivity index (χ0v) is 14.1. The molecule has 8 heteroatoms. The molecule has 0 aliphatic carbocycles. The van der Waals surface area contributed by atoms with Crippen molar-refractivity contribution in [3.8, 4) is 11.5 Å². The third-order valence-electron chi connectivity index (χ3n) is 2.32. The van der Waals surface area contributed by atoms with Gasteiger partial charge in [-0.15, -0.1) is 0 Å². The first-order valence-electron chi connectivity index (χ1n) is 5.90. The van der Waals surface area contributed by atoms with Crippen LogP contribution in [0, 0.1) is 7.14 Å². The first kappa shape index (κ1) is 20.6. The normalized spacial score (nSPS) is 8.95. The zero-order valence-electron chi connectivity index (χ0n) is 11.9. The molecule has 0 fully saturated rings. The average Bonchev–Trinajstić information content (AvgIpc) is 2.48. The van der Waals surface area contributed by atoms with Gasteiger partial charge in [-0.1, -0.05) is 0 Å². The van der Waals surface area contributed by atoms with Gasteiger partial charge in [-0.3, -0.25) is 12.9 Å². The molecule has 0 amide bonds. The van der Waals surface area contributed by atoms with Crippen molar-refractivity contribution in [3.63, 3.8) is 0 Å². The lowest BCUT2D eigenvalue weighted by atomic mass is 10.3. The molecule has 0 spiro atoms. The Bertz CT molecular complexity index is 475. The monoisotopic (exact) mass is 428 g/mol. The highest BCUT2D eigenvalue weighted by atomic mass is 127. The van der Waals surface area contributed by atoms with E-state index in [4.69, 9.17) is 9.47 Å². The number of methoxy groups -OCH3 is 2. The van der Waals surface area contributed by atoms with Gasteiger partial charge in [-0.2, -0.15) is 0 Å². The second kappa shape index (κ2) is 11.2. The molecule has 120 valence electrons. The molecule has 22 heavy (non-hydrogen) atoms. The van der Waals surface area contributed by atoms with Gasteiger partial charge in [0.2, 0.25) is 0 Å². The summed E-state index contributed by atoms with van der Waals surface area (Å²) in [6.45, 7) is 0. The smallest absolute Gasteiger partial charge is 0.762 e. The first-order valence-corrected chi connectivity index (χ1v) is 8.06. The van der Waals surface area contributed by atoms with Crippen LogP contribution in [-0.2, 0) is 0 Å². The Morgan fingerprint density at radius 3 is 1.23 bits per heavy atom. The Labute approximate surface area is 137 Å². The van der Waals surface area contributed by atoms with Crippen LogP contribution in [0.25, 0.3) is 0 Å². The van der Waals surface area contributed by atoms with E-state index < -0.39 is 7.54 Å². The Kier molecular flexibility index (Phi) is 10.4. The highest BCUT2D eigenvalue weighted by Gasteiger charge is 2.15. The molecule has 0 atom stereocenters. The highest BCUT2D eigenvalue weighted by molar-refractivity contribution is 6.33. The predicted octanol–water partition coefficient (Wildman–Crippen LogP) is -2.28. The molecule has 0 saturated carbocycles. The molecule has 0 aliphatic rings. The second-order valence-corrected chi connectivity index (χ2v) is 6.69. The fourth-order valence-corrected chi connectivity index (χ4v) is 3.55. The molecule has 2 aromatic rings. The fraction of sp³-hybridized carbons (Fsp3) is 0.143. The summed E-state index contributed by atoms with van der Waals surface area (Å²) in [5.41, 5.74) is 0. The predicted molar refractivity (Wildman–Crippen MR) is 72.5 cm³/mol. The van der Waals surface area contributed by atoms with E-state index in [0.717, 1.165) is 11.5 Å². The first-order chi connectivity index (χ1) is 10.0. The van der Waals surface area contributed by atoms with Crippen molar-refractivity contribution in [3.05, 3.63) is 55.7 Å². The van der Waals surface area contributed by atoms with Crippen LogP contribution in [-0.4, -0.2) is 21.8 Å². The summed E-state index contributed by atoms with van der Waals surface area (Å²) in [7, 11) is -0.291. The molecule has 0 unspecified atom stereocenters. The summed E-state index contributed by atoms with van der Waals surface area (Å²) >= 11 is -0.119. The maximum atomic E-state index is 9.67. The van der Waals surface area contributed by atoms with Gasteiger partial charge in [0.05, 0.1) is 14.2 Å². The zero-order chi connectivity index (χ0) is 15.7. The summed E-state index contributed by atoms with van der Waals surface area (Å²) in [5, 5.41) is 0. The summed E-state index contributed by atoms with van der Waals surface area (Å²) in [5.74, 6) is 1.82. The minimum Gasteiger partial charge on any atom is -1.00 e. The van der Waals surface area contributed by atoms with Gasteiger partial charge >= 0.3 is 28.7 Å². The molecule has 0 aliphatic heterocycles. The molecule has 2 nitrogen and oxygen atoms in total. The van der Waals surface area contributed by atoms with Crippen LogP contribution in [0.3, 0.4) is 0 Å². The molecular weight excluding hydrogens is 414 g/mol. The summed E-state index contributed by atoms with van der Waals surface area (Å²) in [6, 6.07) is 16.6. The van der Waals surface area contributed by atoms with E-state index >= 15 is 0 Å². The molecule has 0 bridgehead atoms. The van der Waals surface area contributed by atoms with Gasteiger partial charge in [-0.25, -0.2) is 0 Å². The lowest BCUT2D eigenvalue weighted by Crippen LogP contribution is -3.61. The van der Waals surface area contributed by atoms with Crippen molar-refractivity contribution in [1.82, 2.24) is 0 Å².